The lowest BCUT2D eigenvalue weighted by Gasteiger charge is -2.39. The summed E-state index contributed by atoms with van der Waals surface area (Å²) in [6, 6.07) is 3.87. The van der Waals surface area contributed by atoms with Crippen molar-refractivity contribution in [1.29, 1.82) is 0 Å². The molecule has 1 fully saturated rings. The van der Waals surface area contributed by atoms with Crippen LogP contribution in [0.15, 0.2) is 27.4 Å². The van der Waals surface area contributed by atoms with Crippen molar-refractivity contribution >= 4 is 16.9 Å². The Morgan fingerprint density at radius 1 is 1.17 bits per heavy atom. The van der Waals surface area contributed by atoms with Gasteiger partial charge in [-0.3, -0.25) is 4.79 Å². The molecule has 0 spiro atoms. The Bertz CT molecular complexity index is 951. The summed E-state index contributed by atoms with van der Waals surface area (Å²) in [5.41, 5.74) is -1.19. The zero-order chi connectivity index (χ0) is 21.3. The third-order valence-corrected chi connectivity index (χ3v) is 4.42. The van der Waals surface area contributed by atoms with Crippen LogP contribution in [0.25, 0.3) is 11.0 Å². The van der Waals surface area contributed by atoms with E-state index in [-0.39, 0.29) is 23.1 Å². The van der Waals surface area contributed by atoms with E-state index in [4.69, 9.17) is 18.6 Å². The van der Waals surface area contributed by atoms with Gasteiger partial charge in [-0.2, -0.15) is 0 Å². The second-order valence-corrected chi connectivity index (χ2v) is 6.37. The molecule has 0 unspecified atom stereocenters. The first-order chi connectivity index (χ1) is 13.8. The number of aromatic hydroxyl groups is 1. The summed E-state index contributed by atoms with van der Waals surface area (Å²) in [6.45, 7) is 0.898. The van der Waals surface area contributed by atoms with Crippen LogP contribution in [0.5, 0.6) is 17.2 Å². The number of ether oxygens (including phenoxy) is 3. The van der Waals surface area contributed by atoms with Crippen LogP contribution in [-0.4, -0.2) is 68.8 Å². The number of hydrogen-bond acceptors (Lipinski definition) is 11. The van der Waals surface area contributed by atoms with Crippen LogP contribution in [0.2, 0.25) is 0 Å². The third-order valence-electron chi connectivity index (χ3n) is 4.42. The van der Waals surface area contributed by atoms with Gasteiger partial charge in [-0.05, 0) is 12.1 Å². The molecule has 1 aromatic carbocycles. The zero-order valence-corrected chi connectivity index (χ0v) is 15.2. The van der Waals surface area contributed by atoms with Gasteiger partial charge in [0.05, 0.1) is 12.0 Å². The maximum atomic E-state index is 12.0. The van der Waals surface area contributed by atoms with Crippen LogP contribution in [0.4, 0.5) is 0 Å². The van der Waals surface area contributed by atoms with Crippen molar-refractivity contribution in [3.8, 4) is 17.2 Å². The standard InChI is InChI=1S/C18H20O11/c1-2-11(20)29-16-12(21)8-4-3-7(5-9(8)27-17(16)25)26-18-15(24)14(23)13(22)10(6-19)28-18/h3-5,10,13-15,18-19,21-24H,2,6H2,1H3/t10-,13+,14+,15-,18-/m1/s1. The van der Waals surface area contributed by atoms with E-state index in [1.165, 1.54) is 25.1 Å². The molecule has 1 aliphatic heterocycles. The number of aliphatic hydroxyl groups is 4. The van der Waals surface area contributed by atoms with Gasteiger partial charge in [0.2, 0.25) is 6.29 Å². The quantitative estimate of drug-likeness (QED) is 0.300. The molecule has 158 valence electrons. The van der Waals surface area contributed by atoms with Gasteiger partial charge in [0, 0.05) is 12.5 Å². The molecule has 29 heavy (non-hydrogen) atoms. The minimum absolute atomic E-state index is 0.0111. The topological polar surface area (TPSA) is 176 Å². The molecule has 1 aliphatic rings. The normalized spacial score (nSPS) is 27.0. The number of esters is 1. The highest BCUT2D eigenvalue weighted by molar-refractivity contribution is 5.87. The minimum atomic E-state index is -1.63. The molecule has 0 bridgehead atoms. The summed E-state index contributed by atoms with van der Waals surface area (Å²) in [6.07, 6.45) is -7.39. The Morgan fingerprint density at radius 3 is 2.55 bits per heavy atom. The summed E-state index contributed by atoms with van der Waals surface area (Å²) < 4.78 is 20.5. The average molecular weight is 412 g/mol. The molecule has 11 nitrogen and oxygen atoms in total. The lowest BCUT2D eigenvalue weighted by atomic mass is 9.99. The first-order valence-corrected chi connectivity index (χ1v) is 8.74. The van der Waals surface area contributed by atoms with Gasteiger partial charge in [-0.15, -0.1) is 0 Å². The number of carbonyl (C=O) groups is 1. The predicted molar refractivity (Wildman–Crippen MR) is 94.5 cm³/mol. The van der Waals surface area contributed by atoms with Gasteiger partial charge in [0.1, 0.15) is 35.7 Å². The Labute approximate surface area is 163 Å². The van der Waals surface area contributed by atoms with E-state index in [0.717, 1.165) is 0 Å². The summed E-state index contributed by atoms with van der Waals surface area (Å²) in [5, 5.41) is 49.1. The molecule has 5 atom stereocenters. The van der Waals surface area contributed by atoms with E-state index < -0.39 is 60.4 Å². The Kier molecular flexibility index (Phi) is 6.05. The van der Waals surface area contributed by atoms with E-state index in [1.54, 1.807) is 0 Å². The third kappa shape index (κ3) is 4.04. The predicted octanol–water partition coefficient (Wildman–Crippen LogP) is -1.01. The Hall–Kier alpha value is -2.70. The van der Waals surface area contributed by atoms with Gasteiger partial charge in [-0.25, -0.2) is 4.79 Å². The lowest BCUT2D eigenvalue weighted by Crippen LogP contribution is -2.60. The maximum absolute atomic E-state index is 12.0. The van der Waals surface area contributed by atoms with Crippen molar-refractivity contribution in [3.63, 3.8) is 0 Å². The fourth-order valence-corrected chi connectivity index (χ4v) is 2.80. The van der Waals surface area contributed by atoms with Gasteiger partial charge < -0.3 is 44.2 Å². The van der Waals surface area contributed by atoms with Gasteiger partial charge in [0.25, 0.3) is 5.75 Å². The van der Waals surface area contributed by atoms with Crippen LogP contribution < -0.4 is 15.1 Å². The number of hydrogen-bond donors (Lipinski definition) is 5. The van der Waals surface area contributed by atoms with Crippen molar-refractivity contribution in [3.05, 3.63) is 28.6 Å². The van der Waals surface area contributed by atoms with E-state index in [0.29, 0.717) is 0 Å². The number of benzene rings is 1. The minimum Gasteiger partial charge on any atom is -0.504 e. The number of rotatable bonds is 5. The van der Waals surface area contributed by atoms with Crippen molar-refractivity contribution in [2.45, 2.75) is 44.1 Å². The molecule has 2 aromatic rings. The summed E-state index contributed by atoms with van der Waals surface area (Å²) in [5.74, 6) is -1.92. The molecular weight excluding hydrogens is 392 g/mol. The van der Waals surface area contributed by atoms with Crippen LogP contribution in [-0.2, 0) is 9.53 Å². The largest absolute Gasteiger partial charge is 0.504 e. The molecule has 5 N–H and O–H groups in total. The molecule has 0 aliphatic carbocycles. The summed E-state index contributed by atoms with van der Waals surface area (Å²) in [7, 11) is 0. The number of carbonyl (C=O) groups excluding carboxylic acids is 1. The molecule has 0 amide bonds. The van der Waals surface area contributed by atoms with Crippen LogP contribution >= 0.6 is 0 Å². The van der Waals surface area contributed by atoms with Crippen molar-refractivity contribution in [2.75, 3.05) is 6.61 Å². The Balaban J connectivity index is 1.89. The monoisotopic (exact) mass is 412 g/mol. The highest BCUT2D eigenvalue weighted by Crippen LogP contribution is 2.34. The Morgan fingerprint density at radius 2 is 1.90 bits per heavy atom. The second kappa shape index (κ2) is 8.35. The summed E-state index contributed by atoms with van der Waals surface area (Å²) in [4.78, 5) is 23.4. The zero-order valence-electron chi connectivity index (χ0n) is 15.2. The van der Waals surface area contributed by atoms with E-state index >= 15 is 0 Å². The first kappa shape index (κ1) is 21.0. The van der Waals surface area contributed by atoms with E-state index in [2.05, 4.69) is 0 Å². The molecule has 2 heterocycles. The van der Waals surface area contributed by atoms with E-state index in [1.807, 2.05) is 0 Å². The molecule has 1 aromatic heterocycles. The highest BCUT2D eigenvalue weighted by Gasteiger charge is 2.44. The lowest BCUT2D eigenvalue weighted by molar-refractivity contribution is -0.277. The van der Waals surface area contributed by atoms with Crippen LogP contribution in [0.3, 0.4) is 0 Å². The molecule has 0 radical (unpaired) electrons. The van der Waals surface area contributed by atoms with Gasteiger partial charge in [-0.1, -0.05) is 6.92 Å². The SMILES string of the molecule is CCC(=O)Oc1c(O)c2ccc(O[C@@H]3O[C@H](CO)[C@H](O)[C@H](O)[C@H]3O)cc2oc1=O. The van der Waals surface area contributed by atoms with Crippen molar-refractivity contribution in [1.82, 2.24) is 0 Å². The van der Waals surface area contributed by atoms with Crippen molar-refractivity contribution < 1.29 is 49.0 Å². The number of aliphatic hydroxyl groups excluding tert-OH is 4. The van der Waals surface area contributed by atoms with Gasteiger partial charge >= 0.3 is 11.6 Å². The fourth-order valence-electron chi connectivity index (χ4n) is 2.80. The number of fused-ring (bicyclic) bond motifs is 1. The van der Waals surface area contributed by atoms with E-state index in [9.17, 15) is 35.1 Å². The first-order valence-electron chi connectivity index (χ1n) is 8.74. The fraction of sp³-hybridized carbons (Fsp3) is 0.444. The van der Waals surface area contributed by atoms with Crippen LogP contribution in [0, 0.1) is 0 Å². The molecule has 3 rings (SSSR count). The summed E-state index contributed by atoms with van der Waals surface area (Å²) >= 11 is 0. The maximum Gasteiger partial charge on any atom is 0.383 e. The smallest absolute Gasteiger partial charge is 0.383 e. The van der Waals surface area contributed by atoms with Crippen molar-refractivity contribution in [2.24, 2.45) is 0 Å². The second-order valence-electron chi connectivity index (χ2n) is 6.37. The molecular formula is C18H20O11. The molecule has 1 saturated heterocycles. The molecule has 0 saturated carbocycles. The average Bonchev–Trinajstić information content (AvgIpc) is 2.71. The van der Waals surface area contributed by atoms with Gasteiger partial charge in [0.15, 0.2) is 5.75 Å². The highest BCUT2D eigenvalue weighted by atomic mass is 16.7. The van der Waals surface area contributed by atoms with Crippen LogP contribution in [0.1, 0.15) is 13.3 Å². The molecule has 11 heteroatoms.